The number of furan rings is 2. The fourth-order valence-corrected chi connectivity index (χ4v) is 13.8. The molecule has 0 aliphatic heterocycles. The van der Waals surface area contributed by atoms with Crippen molar-refractivity contribution in [1.29, 1.82) is 0 Å². The lowest BCUT2D eigenvalue weighted by Gasteiger charge is -2.18. The third-order valence-electron chi connectivity index (χ3n) is 17.7. The van der Waals surface area contributed by atoms with Gasteiger partial charge in [-0.15, -0.1) is 0 Å². The molecule has 0 radical (unpaired) electrons. The van der Waals surface area contributed by atoms with Crippen LogP contribution in [0.4, 0.5) is 0 Å². The van der Waals surface area contributed by atoms with Crippen molar-refractivity contribution in [3.8, 4) is 66.8 Å². The first-order valence-corrected chi connectivity index (χ1v) is 29.5. The lowest BCUT2D eigenvalue weighted by Crippen LogP contribution is -1.91. The maximum Gasteiger partial charge on any atom is 0.143 e. The Morgan fingerprint density at radius 3 is 0.860 bits per heavy atom. The van der Waals surface area contributed by atoms with Crippen molar-refractivity contribution in [3.63, 3.8) is 0 Å². The largest absolute Gasteiger partial charge is 0.455 e. The molecule has 86 heavy (non-hydrogen) atoms. The predicted molar refractivity (Wildman–Crippen MR) is 365 cm³/mol. The van der Waals surface area contributed by atoms with Gasteiger partial charge in [0.2, 0.25) is 0 Å². The van der Waals surface area contributed by atoms with E-state index in [0.29, 0.717) is 0 Å². The minimum Gasteiger partial charge on any atom is -0.455 e. The van der Waals surface area contributed by atoms with Crippen LogP contribution in [0, 0.1) is 0 Å². The molecule has 0 atom stereocenters. The average Bonchev–Trinajstić information content (AvgIpc) is 1.26. The van der Waals surface area contributed by atoms with Crippen molar-refractivity contribution in [1.82, 2.24) is 0 Å². The summed E-state index contributed by atoms with van der Waals surface area (Å²) in [5.74, 6) is 0. The van der Waals surface area contributed by atoms with E-state index >= 15 is 0 Å². The summed E-state index contributed by atoms with van der Waals surface area (Å²) in [5.41, 5.74) is 18.5. The highest BCUT2D eigenvalue weighted by atomic mass is 16.3. The second kappa shape index (κ2) is 20.2. The summed E-state index contributed by atoms with van der Waals surface area (Å²) in [5, 5.41) is 19.3. The summed E-state index contributed by atoms with van der Waals surface area (Å²) >= 11 is 0. The van der Waals surface area contributed by atoms with Gasteiger partial charge in [-0.2, -0.15) is 0 Å². The quantitative estimate of drug-likeness (QED) is 0.155. The fraction of sp³-hybridized carbons (Fsp3) is 0. The number of hydrogen-bond acceptors (Lipinski definition) is 2. The van der Waals surface area contributed by atoms with Crippen LogP contribution in [0.3, 0.4) is 0 Å². The second-order valence-electron chi connectivity index (χ2n) is 22.5. The van der Waals surface area contributed by atoms with Crippen molar-refractivity contribution in [3.05, 3.63) is 315 Å². The molecule has 0 amide bonds. The number of fused-ring (bicyclic) bond motifs is 14. The van der Waals surface area contributed by atoms with Gasteiger partial charge in [0.1, 0.15) is 22.3 Å². The fourth-order valence-electron chi connectivity index (χ4n) is 13.8. The molecule has 0 saturated heterocycles. The Balaban J connectivity index is 0.000000134. The van der Waals surface area contributed by atoms with Gasteiger partial charge >= 0.3 is 0 Å². The van der Waals surface area contributed by atoms with Gasteiger partial charge in [0.25, 0.3) is 0 Å². The summed E-state index contributed by atoms with van der Waals surface area (Å²) in [4.78, 5) is 0. The van der Waals surface area contributed by atoms with E-state index in [2.05, 4.69) is 315 Å². The Morgan fingerprint density at radius 2 is 0.442 bits per heavy atom. The van der Waals surface area contributed by atoms with Crippen molar-refractivity contribution in [2.45, 2.75) is 0 Å². The molecule has 2 heterocycles. The van der Waals surface area contributed by atoms with Gasteiger partial charge in [0, 0.05) is 32.3 Å². The van der Waals surface area contributed by atoms with Gasteiger partial charge < -0.3 is 8.83 Å². The van der Waals surface area contributed by atoms with Gasteiger partial charge in [-0.1, -0.05) is 273 Å². The lowest BCUT2D eigenvalue weighted by atomic mass is 9.85. The molecule has 0 spiro atoms. The molecule has 0 saturated carbocycles. The van der Waals surface area contributed by atoms with Gasteiger partial charge in [0.05, 0.1) is 0 Å². The van der Waals surface area contributed by atoms with E-state index in [4.69, 9.17) is 8.83 Å². The Hall–Kier alpha value is -11.3. The molecule has 2 aromatic heterocycles. The van der Waals surface area contributed by atoms with E-state index < -0.39 is 0 Å². The zero-order chi connectivity index (χ0) is 56.7. The molecular weight excluding hydrogens is 1040 g/mol. The molecule has 18 aromatic rings. The van der Waals surface area contributed by atoms with Crippen LogP contribution < -0.4 is 0 Å². The first-order chi connectivity index (χ1) is 42.7. The van der Waals surface area contributed by atoms with E-state index in [1.165, 1.54) is 121 Å². The third-order valence-corrected chi connectivity index (χ3v) is 17.7. The second-order valence-corrected chi connectivity index (χ2v) is 22.5. The standard InChI is InChI=1S/2C42H26O/c1-2-11-27(12-3-1)29-14-10-15-30(25-29)40-33-17-6-8-19-35(33)41(36-20-9-7-18-34(36)40)31-22-24-39-38(26-31)37-23-21-28-13-4-5-16-32(28)42(37)43-39;1-2-10-27(11-3-1)28-18-20-30(21-19-28)40-33-14-6-8-16-35(33)41(36-17-9-7-15-34(36)40)31-23-25-39-38(26-31)37-24-22-29-12-4-5-13-32(29)42(37)43-39/h2*1-26H. The van der Waals surface area contributed by atoms with Crippen molar-refractivity contribution in [2.75, 3.05) is 0 Å². The first kappa shape index (κ1) is 49.3. The van der Waals surface area contributed by atoms with Crippen LogP contribution in [0.5, 0.6) is 0 Å². The highest BCUT2D eigenvalue weighted by Crippen LogP contribution is 2.48. The molecule has 2 nitrogen and oxygen atoms in total. The molecule has 2 heteroatoms. The van der Waals surface area contributed by atoms with Crippen molar-refractivity contribution in [2.24, 2.45) is 0 Å². The van der Waals surface area contributed by atoms with E-state index in [0.717, 1.165) is 54.6 Å². The maximum atomic E-state index is 6.46. The number of benzene rings is 16. The zero-order valence-corrected chi connectivity index (χ0v) is 46.8. The van der Waals surface area contributed by atoms with E-state index in [-0.39, 0.29) is 0 Å². The Bertz CT molecular complexity index is 5580. The molecule has 0 unspecified atom stereocenters. The SMILES string of the molecule is c1ccc(-c2ccc(-c3c4ccccc4c(-c4ccc5oc6c7ccccc7ccc6c5c4)c4ccccc34)cc2)cc1.c1ccc(-c2cccc(-c3c4ccccc4c(-c4ccc5oc6c7ccccc7ccc6c5c4)c4ccccc34)c2)cc1. The van der Waals surface area contributed by atoms with Crippen molar-refractivity contribution >= 4 is 109 Å². The Labute approximate surface area is 496 Å². The van der Waals surface area contributed by atoms with Crippen molar-refractivity contribution < 1.29 is 8.83 Å². The molecule has 400 valence electrons. The van der Waals surface area contributed by atoms with Gasteiger partial charge in [-0.25, -0.2) is 0 Å². The minimum atomic E-state index is 0.915. The van der Waals surface area contributed by atoms with Crippen LogP contribution in [0.2, 0.25) is 0 Å². The average molecular weight is 1090 g/mol. The number of rotatable bonds is 6. The molecule has 0 fully saturated rings. The predicted octanol–water partition coefficient (Wildman–Crippen LogP) is 24.1. The lowest BCUT2D eigenvalue weighted by molar-refractivity contribution is 0.672. The molecule has 0 N–H and O–H groups in total. The highest BCUT2D eigenvalue weighted by molar-refractivity contribution is 6.25. The molecule has 16 aromatic carbocycles. The van der Waals surface area contributed by atoms with Crippen LogP contribution in [-0.2, 0) is 0 Å². The van der Waals surface area contributed by atoms with E-state index in [1.807, 2.05) is 0 Å². The van der Waals surface area contributed by atoms with Crippen LogP contribution in [0.25, 0.3) is 175 Å². The van der Waals surface area contributed by atoms with Crippen LogP contribution in [0.1, 0.15) is 0 Å². The van der Waals surface area contributed by atoms with Crippen LogP contribution >= 0.6 is 0 Å². The topological polar surface area (TPSA) is 26.3 Å². The Morgan fingerprint density at radius 1 is 0.151 bits per heavy atom. The van der Waals surface area contributed by atoms with E-state index in [1.54, 1.807) is 0 Å². The molecule has 0 aliphatic carbocycles. The third kappa shape index (κ3) is 8.10. The molecule has 0 aliphatic rings. The monoisotopic (exact) mass is 1090 g/mol. The van der Waals surface area contributed by atoms with Crippen LogP contribution in [0.15, 0.2) is 324 Å². The van der Waals surface area contributed by atoms with E-state index in [9.17, 15) is 0 Å². The number of hydrogen-bond donors (Lipinski definition) is 0. The summed E-state index contributed by atoms with van der Waals surface area (Å²) in [6.07, 6.45) is 0. The zero-order valence-electron chi connectivity index (χ0n) is 46.8. The Kier molecular flexibility index (Phi) is 11.6. The molecular formula is C84H52O2. The molecule has 18 rings (SSSR count). The normalized spacial score (nSPS) is 11.7. The van der Waals surface area contributed by atoms with Crippen LogP contribution in [-0.4, -0.2) is 0 Å². The van der Waals surface area contributed by atoms with Gasteiger partial charge in [-0.3, -0.25) is 0 Å². The highest BCUT2D eigenvalue weighted by Gasteiger charge is 2.21. The summed E-state index contributed by atoms with van der Waals surface area (Å²) in [7, 11) is 0. The molecule has 0 bridgehead atoms. The summed E-state index contributed by atoms with van der Waals surface area (Å²) in [6, 6.07) is 114. The van der Waals surface area contributed by atoms with Gasteiger partial charge in [0.15, 0.2) is 0 Å². The smallest absolute Gasteiger partial charge is 0.143 e. The van der Waals surface area contributed by atoms with Gasteiger partial charge in [-0.05, 0) is 163 Å². The minimum absolute atomic E-state index is 0.915. The first-order valence-electron chi connectivity index (χ1n) is 29.5. The summed E-state index contributed by atoms with van der Waals surface area (Å²) in [6.45, 7) is 0. The maximum absolute atomic E-state index is 6.46. The summed E-state index contributed by atoms with van der Waals surface area (Å²) < 4.78 is 12.9.